The molecule has 1 atom stereocenters. The van der Waals surface area contributed by atoms with Gasteiger partial charge in [-0.15, -0.1) is 0 Å². The molecule has 4 nitrogen and oxygen atoms in total. The van der Waals surface area contributed by atoms with E-state index in [1.165, 1.54) is 0 Å². The SMILES string of the molecule is CCC(C)N.N[SH](=O)=O. The highest BCUT2D eigenvalue weighted by Gasteiger charge is 1.79. The van der Waals surface area contributed by atoms with Crippen LogP contribution in [0.15, 0.2) is 0 Å². The maximum atomic E-state index is 8.81. The molecule has 0 saturated heterocycles. The maximum absolute atomic E-state index is 8.81. The molecule has 0 spiro atoms. The number of hydrogen-bond acceptors (Lipinski definition) is 3. The lowest BCUT2D eigenvalue weighted by atomic mass is 10.3. The molecule has 0 aromatic rings. The molecular formula is C4H14N2O2S. The van der Waals surface area contributed by atoms with Gasteiger partial charge in [-0.2, -0.15) is 0 Å². The van der Waals surface area contributed by atoms with Gasteiger partial charge in [0.25, 0.3) is 0 Å². The van der Waals surface area contributed by atoms with Crippen molar-refractivity contribution in [2.75, 3.05) is 0 Å². The van der Waals surface area contributed by atoms with Crippen molar-refractivity contribution < 1.29 is 8.42 Å². The summed E-state index contributed by atoms with van der Waals surface area (Å²) in [6.45, 7) is 4.07. The molecule has 0 aromatic heterocycles. The van der Waals surface area contributed by atoms with Gasteiger partial charge in [0.2, 0.25) is 0 Å². The number of nitrogens with two attached hydrogens (primary N) is 2. The first-order valence-corrected chi connectivity index (χ1v) is 3.90. The van der Waals surface area contributed by atoms with Crippen LogP contribution in [0.4, 0.5) is 0 Å². The summed E-state index contributed by atoms with van der Waals surface area (Å²) in [5.74, 6) is 0. The lowest BCUT2D eigenvalue weighted by molar-refractivity contribution is 0.616. The van der Waals surface area contributed by atoms with Crippen LogP contribution in [-0.4, -0.2) is 14.5 Å². The molecule has 0 radical (unpaired) electrons. The van der Waals surface area contributed by atoms with Gasteiger partial charge in [0.05, 0.1) is 0 Å². The first-order chi connectivity index (χ1) is 4.00. The molecule has 0 aliphatic rings. The Morgan fingerprint density at radius 2 is 1.67 bits per heavy atom. The molecule has 0 saturated carbocycles. The molecular weight excluding hydrogens is 140 g/mol. The average Bonchev–Trinajstić information content (AvgIpc) is 1.65. The van der Waals surface area contributed by atoms with Gasteiger partial charge in [-0.1, -0.05) is 6.92 Å². The predicted molar refractivity (Wildman–Crippen MR) is 38.4 cm³/mol. The van der Waals surface area contributed by atoms with Crippen molar-refractivity contribution in [1.29, 1.82) is 0 Å². The summed E-state index contributed by atoms with van der Waals surface area (Å²) in [7, 11) is -2.62. The number of hydrogen-bond donors (Lipinski definition) is 3. The minimum atomic E-state index is -2.62. The van der Waals surface area contributed by atoms with Crippen LogP contribution in [0, 0.1) is 0 Å². The lowest BCUT2D eigenvalue weighted by Crippen LogP contribution is -2.11. The summed E-state index contributed by atoms with van der Waals surface area (Å²) in [6, 6.07) is 0.384. The predicted octanol–water partition coefficient (Wildman–Crippen LogP) is -0.785. The minimum Gasteiger partial charge on any atom is -0.328 e. The Balaban J connectivity index is 0. The van der Waals surface area contributed by atoms with Crippen molar-refractivity contribution in [3.05, 3.63) is 0 Å². The highest BCUT2D eigenvalue weighted by molar-refractivity contribution is 7.69. The Morgan fingerprint density at radius 1 is 1.56 bits per heavy atom. The van der Waals surface area contributed by atoms with E-state index < -0.39 is 10.9 Å². The van der Waals surface area contributed by atoms with Gasteiger partial charge in [-0.05, 0) is 13.3 Å². The molecule has 4 N–H and O–H groups in total. The van der Waals surface area contributed by atoms with E-state index in [0.717, 1.165) is 6.42 Å². The van der Waals surface area contributed by atoms with Crippen molar-refractivity contribution in [1.82, 2.24) is 0 Å². The standard InChI is InChI=1S/C4H11N.H3NO2S/c1-3-4(2)5;1-4(2)3/h4H,3,5H2,1-2H3;4H,(H2,1,2,3). The van der Waals surface area contributed by atoms with Crippen LogP contribution in [0.3, 0.4) is 0 Å². The molecule has 0 rings (SSSR count). The van der Waals surface area contributed by atoms with Crippen molar-refractivity contribution >= 4 is 10.9 Å². The zero-order valence-corrected chi connectivity index (χ0v) is 6.60. The van der Waals surface area contributed by atoms with Crippen molar-refractivity contribution in [3.8, 4) is 0 Å². The Kier molecular flexibility index (Phi) is 10.2. The van der Waals surface area contributed by atoms with E-state index in [0.29, 0.717) is 6.04 Å². The van der Waals surface area contributed by atoms with Crippen LogP contribution < -0.4 is 10.9 Å². The fourth-order valence-electron chi connectivity index (χ4n) is 0. The van der Waals surface area contributed by atoms with Gasteiger partial charge >= 0.3 is 0 Å². The van der Waals surface area contributed by atoms with Crippen LogP contribution in [0.5, 0.6) is 0 Å². The fraction of sp³-hybridized carbons (Fsp3) is 1.00. The molecule has 0 amide bonds. The third-order valence-electron chi connectivity index (χ3n) is 0.644. The molecule has 0 heterocycles. The quantitative estimate of drug-likeness (QED) is 0.433. The summed E-state index contributed by atoms with van der Waals surface area (Å²) >= 11 is 0. The van der Waals surface area contributed by atoms with E-state index in [1.807, 2.05) is 6.92 Å². The second kappa shape index (κ2) is 7.87. The number of rotatable bonds is 1. The normalized spacial score (nSPS) is 12.1. The van der Waals surface area contributed by atoms with Gasteiger partial charge < -0.3 is 5.73 Å². The van der Waals surface area contributed by atoms with E-state index in [2.05, 4.69) is 12.1 Å². The zero-order chi connectivity index (χ0) is 7.86. The van der Waals surface area contributed by atoms with Gasteiger partial charge in [0, 0.05) is 6.04 Å². The summed E-state index contributed by atoms with van der Waals surface area (Å²) in [6.07, 6.45) is 1.08. The van der Waals surface area contributed by atoms with E-state index >= 15 is 0 Å². The highest BCUT2D eigenvalue weighted by Crippen LogP contribution is 1.77. The largest absolute Gasteiger partial charge is 0.328 e. The Hall–Kier alpha value is -0.130. The van der Waals surface area contributed by atoms with Crippen LogP contribution in [-0.2, 0) is 10.9 Å². The Bertz CT molecular complexity index is 103. The van der Waals surface area contributed by atoms with Crippen LogP contribution in [0.25, 0.3) is 0 Å². The summed E-state index contributed by atoms with van der Waals surface area (Å²) < 4.78 is 17.6. The van der Waals surface area contributed by atoms with E-state index in [9.17, 15) is 0 Å². The van der Waals surface area contributed by atoms with Crippen molar-refractivity contribution in [2.45, 2.75) is 26.3 Å². The van der Waals surface area contributed by atoms with Crippen molar-refractivity contribution in [2.24, 2.45) is 10.9 Å². The number of thiol groups is 1. The first-order valence-electron chi connectivity index (χ1n) is 2.65. The molecule has 5 heteroatoms. The minimum absolute atomic E-state index is 0.384. The van der Waals surface area contributed by atoms with Crippen LogP contribution in [0.1, 0.15) is 20.3 Å². The second-order valence-electron chi connectivity index (χ2n) is 1.67. The molecule has 0 fully saturated rings. The molecule has 58 valence electrons. The van der Waals surface area contributed by atoms with Crippen LogP contribution >= 0.6 is 0 Å². The molecule has 0 aromatic carbocycles. The van der Waals surface area contributed by atoms with E-state index in [4.69, 9.17) is 14.2 Å². The molecule has 9 heavy (non-hydrogen) atoms. The van der Waals surface area contributed by atoms with E-state index in [-0.39, 0.29) is 0 Å². The van der Waals surface area contributed by atoms with Gasteiger partial charge in [0.1, 0.15) is 0 Å². The molecule has 0 aliphatic heterocycles. The topological polar surface area (TPSA) is 86.2 Å². The third kappa shape index (κ3) is 77.5. The summed E-state index contributed by atoms with van der Waals surface area (Å²) in [5, 5.41) is 4.06. The Morgan fingerprint density at radius 3 is 1.67 bits per heavy atom. The summed E-state index contributed by atoms with van der Waals surface area (Å²) in [4.78, 5) is 0. The van der Waals surface area contributed by atoms with Crippen LogP contribution in [0.2, 0.25) is 0 Å². The lowest BCUT2D eigenvalue weighted by Gasteiger charge is -1.91. The third-order valence-corrected chi connectivity index (χ3v) is 0.644. The monoisotopic (exact) mass is 154 g/mol. The maximum Gasteiger partial charge on any atom is 0.198 e. The Labute approximate surface area is 57.3 Å². The molecule has 0 bridgehead atoms. The highest BCUT2D eigenvalue weighted by atomic mass is 32.2. The molecule has 1 unspecified atom stereocenters. The van der Waals surface area contributed by atoms with Crippen molar-refractivity contribution in [3.63, 3.8) is 0 Å². The first kappa shape index (κ1) is 11.6. The van der Waals surface area contributed by atoms with E-state index in [1.54, 1.807) is 0 Å². The van der Waals surface area contributed by atoms with Gasteiger partial charge in [0.15, 0.2) is 10.9 Å². The zero-order valence-electron chi connectivity index (χ0n) is 5.70. The second-order valence-corrected chi connectivity index (χ2v) is 2.24. The average molecular weight is 154 g/mol. The fourth-order valence-corrected chi connectivity index (χ4v) is 0. The summed E-state index contributed by atoms with van der Waals surface area (Å²) in [5.41, 5.74) is 5.29. The smallest absolute Gasteiger partial charge is 0.198 e. The van der Waals surface area contributed by atoms with Gasteiger partial charge in [-0.25, -0.2) is 13.6 Å². The van der Waals surface area contributed by atoms with Gasteiger partial charge in [-0.3, -0.25) is 0 Å². The molecule has 0 aliphatic carbocycles.